The lowest BCUT2D eigenvalue weighted by atomic mass is 10.2. The Morgan fingerprint density at radius 2 is 1.58 bits per heavy atom. The van der Waals surface area contributed by atoms with Crippen LogP contribution in [0.5, 0.6) is 17.2 Å². The minimum absolute atomic E-state index is 0.0775. The number of carbonyl (C=O) groups excluding carboxylic acids is 1. The van der Waals surface area contributed by atoms with Crippen LogP contribution in [0.3, 0.4) is 0 Å². The van der Waals surface area contributed by atoms with Crippen LogP contribution >= 0.6 is 0 Å². The minimum atomic E-state index is -4.01. The molecule has 0 aliphatic heterocycles. The van der Waals surface area contributed by atoms with Crippen LogP contribution in [0.15, 0.2) is 77.7 Å². The van der Waals surface area contributed by atoms with Crippen molar-refractivity contribution in [2.75, 3.05) is 37.0 Å². The predicted octanol–water partition coefficient (Wildman–Crippen LogP) is 3.94. The Labute approximate surface area is 193 Å². The van der Waals surface area contributed by atoms with Crippen molar-refractivity contribution in [2.45, 2.75) is 11.8 Å². The lowest BCUT2D eigenvalue weighted by Crippen LogP contribution is -2.38. The van der Waals surface area contributed by atoms with Gasteiger partial charge in [-0.05, 0) is 55.5 Å². The van der Waals surface area contributed by atoms with Gasteiger partial charge in [0.2, 0.25) is 5.91 Å². The third-order valence-corrected chi connectivity index (χ3v) is 6.52. The second-order valence-corrected chi connectivity index (χ2v) is 8.73. The number of hydrogen-bond donors (Lipinski definition) is 1. The van der Waals surface area contributed by atoms with E-state index in [0.717, 1.165) is 4.31 Å². The van der Waals surface area contributed by atoms with Gasteiger partial charge in [0.25, 0.3) is 10.0 Å². The second kappa shape index (κ2) is 10.7. The number of rotatable bonds is 10. The molecule has 0 atom stereocenters. The van der Waals surface area contributed by atoms with Crippen LogP contribution in [-0.2, 0) is 14.8 Å². The molecule has 9 heteroatoms. The fourth-order valence-electron chi connectivity index (χ4n) is 3.13. The summed E-state index contributed by atoms with van der Waals surface area (Å²) in [7, 11) is -1.02. The summed E-state index contributed by atoms with van der Waals surface area (Å²) in [6.07, 6.45) is 0. The summed E-state index contributed by atoms with van der Waals surface area (Å²) in [6.45, 7) is 1.90. The highest BCUT2D eigenvalue weighted by molar-refractivity contribution is 7.92. The minimum Gasteiger partial charge on any atom is -0.497 e. The van der Waals surface area contributed by atoms with Gasteiger partial charge < -0.3 is 19.5 Å². The van der Waals surface area contributed by atoms with Crippen LogP contribution in [0.25, 0.3) is 0 Å². The maximum atomic E-state index is 13.4. The van der Waals surface area contributed by atoms with Crippen molar-refractivity contribution in [3.8, 4) is 17.2 Å². The van der Waals surface area contributed by atoms with Crippen molar-refractivity contribution in [3.63, 3.8) is 0 Å². The van der Waals surface area contributed by atoms with Gasteiger partial charge in [0, 0.05) is 6.07 Å². The first-order valence-electron chi connectivity index (χ1n) is 10.2. The number of methoxy groups -OCH3 is 2. The highest BCUT2D eigenvalue weighted by Crippen LogP contribution is 2.30. The van der Waals surface area contributed by atoms with Crippen LogP contribution in [0.2, 0.25) is 0 Å². The number of carbonyl (C=O) groups is 1. The average molecular weight is 471 g/mol. The molecule has 0 spiro atoms. The van der Waals surface area contributed by atoms with Gasteiger partial charge in [-0.25, -0.2) is 8.42 Å². The first kappa shape index (κ1) is 23.9. The molecule has 0 aliphatic carbocycles. The molecular formula is C24H26N2O6S. The molecule has 33 heavy (non-hydrogen) atoms. The molecule has 0 radical (unpaired) electrons. The van der Waals surface area contributed by atoms with E-state index in [1.54, 1.807) is 60.7 Å². The number of hydrogen-bond acceptors (Lipinski definition) is 6. The van der Waals surface area contributed by atoms with E-state index in [2.05, 4.69) is 5.32 Å². The zero-order valence-corrected chi connectivity index (χ0v) is 19.5. The summed E-state index contributed by atoms with van der Waals surface area (Å²) in [6, 6.07) is 19.4. The van der Waals surface area contributed by atoms with Crippen LogP contribution in [-0.4, -0.2) is 41.7 Å². The van der Waals surface area contributed by atoms with Crippen molar-refractivity contribution >= 4 is 27.3 Å². The monoisotopic (exact) mass is 470 g/mol. The Morgan fingerprint density at radius 1 is 0.909 bits per heavy atom. The van der Waals surface area contributed by atoms with E-state index >= 15 is 0 Å². The van der Waals surface area contributed by atoms with Crippen LogP contribution in [0.1, 0.15) is 6.92 Å². The quantitative estimate of drug-likeness (QED) is 0.482. The topological polar surface area (TPSA) is 94.2 Å². The molecule has 3 aromatic rings. The van der Waals surface area contributed by atoms with Gasteiger partial charge in [-0.1, -0.05) is 18.2 Å². The molecule has 0 bridgehead atoms. The average Bonchev–Trinajstić information content (AvgIpc) is 2.84. The SMILES string of the molecule is CCOc1ccc(N(CC(=O)Nc2ccc(OC)cc2OC)S(=O)(=O)c2ccccc2)cc1. The van der Waals surface area contributed by atoms with Gasteiger partial charge in [-0.3, -0.25) is 9.10 Å². The Balaban J connectivity index is 1.92. The van der Waals surface area contributed by atoms with Gasteiger partial charge in [0.15, 0.2) is 0 Å². The summed E-state index contributed by atoms with van der Waals surface area (Å²) in [5.74, 6) is 1.02. The molecule has 3 aromatic carbocycles. The van der Waals surface area contributed by atoms with Crippen LogP contribution < -0.4 is 23.8 Å². The maximum absolute atomic E-state index is 13.4. The molecule has 0 saturated heterocycles. The number of benzene rings is 3. The van der Waals surface area contributed by atoms with Gasteiger partial charge in [0.1, 0.15) is 23.8 Å². The van der Waals surface area contributed by atoms with Crippen molar-refractivity contribution in [3.05, 3.63) is 72.8 Å². The molecule has 1 amide bonds. The lowest BCUT2D eigenvalue weighted by Gasteiger charge is -2.24. The standard InChI is InChI=1S/C24H26N2O6S/c1-4-32-19-12-10-18(11-13-19)26(33(28,29)21-8-6-5-7-9-21)17-24(27)25-22-15-14-20(30-2)16-23(22)31-3/h5-16H,4,17H2,1-3H3,(H,25,27). The largest absolute Gasteiger partial charge is 0.497 e. The molecule has 0 fully saturated rings. The highest BCUT2D eigenvalue weighted by Gasteiger charge is 2.27. The van der Waals surface area contributed by atoms with Crippen molar-refractivity contribution in [1.29, 1.82) is 0 Å². The maximum Gasteiger partial charge on any atom is 0.264 e. The number of nitrogens with zero attached hydrogens (tertiary/aromatic N) is 1. The Bertz CT molecular complexity index is 1180. The predicted molar refractivity (Wildman–Crippen MR) is 127 cm³/mol. The summed E-state index contributed by atoms with van der Waals surface area (Å²) in [4.78, 5) is 13.0. The normalized spacial score (nSPS) is 10.9. The molecule has 0 aromatic heterocycles. The Kier molecular flexibility index (Phi) is 7.78. The fraction of sp³-hybridized carbons (Fsp3) is 0.208. The number of amides is 1. The number of sulfonamides is 1. The number of nitrogens with one attached hydrogen (secondary N) is 1. The highest BCUT2D eigenvalue weighted by atomic mass is 32.2. The van der Waals surface area contributed by atoms with Crippen LogP contribution in [0, 0.1) is 0 Å². The molecule has 8 nitrogen and oxygen atoms in total. The third kappa shape index (κ3) is 5.75. The molecule has 1 N–H and O–H groups in total. The second-order valence-electron chi connectivity index (χ2n) is 6.87. The summed E-state index contributed by atoms with van der Waals surface area (Å²) < 4.78 is 43.8. The van der Waals surface area contributed by atoms with Crippen LogP contribution in [0.4, 0.5) is 11.4 Å². The first-order valence-corrected chi connectivity index (χ1v) is 11.7. The van der Waals surface area contributed by atoms with E-state index < -0.39 is 22.5 Å². The lowest BCUT2D eigenvalue weighted by molar-refractivity contribution is -0.114. The summed E-state index contributed by atoms with van der Waals surface area (Å²) >= 11 is 0. The summed E-state index contributed by atoms with van der Waals surface area (Å²) in [5, 5.41) is 2.72. The zero-order valence-electron chi connectivity index (χ0n) is 18.6. The van der Waals surface area contributed by atoms with Gasteiger partial charge in [-0.2, -0.15) is 0 Å². The smallest absolute Gasteiger partial charge is 0.264 e. The Morgan fingerprint density at radius 3 is 2.18 bits per heavy atom. The van der Waals surface area contributed by atoms with Gasteiger partial charge in [-0.15, -0.1) is 0 Å². The van der Waals surface area contributed by atoms with E-state index in [0.29, 0.717) is 35.2 Å². The fourth-order valence-corrected chi connectivity index (χ4v) is 4.57. The van der Waals surface area contributed by atoms with E-state index in [1.807, 2.05) is 6.92 Å². The van der Waals surface area contributed by atoms with Gasteiger partial charge in [0.05, 0.1) is 37.1 Å². The molecule has 0 heterocycles. The third-order valence-electron chi connectivity index (χ3n) is 4.74. The number of anilines is 2. The number of ether oxygens (including phenoxy) is 3. The van der Waals surface area contributed by atoms with E-state index in [4.69, 9.17) is 14.2 Å². The van der Waals surface area contributed by atoms with Gasteiger partial charge >= 0.3 is 0 Å². The van der Waals surface area contributed by atoms with Crippen molar-refractivity contribution in [1.82, 2.24) is 0 Å². The summed E-state index contributed by atoms with van der Waals surface area (Å²) in [5.41, 5.74) is 0.728. The molecule has 0 unspecified atom stereocenters. The van der Waals surface area contributed by atoms with E-state index in [-0.39, 0.29) is 4.90 Å². The molecule has 174 valence electrons. The molecule has 0 saturated carbocycles. The van der Waals surface area contributed by atoms with E-state index in [9.17, 15) is 13.2 Å². The molecular weight excluding hydrogens is 444 g/mol. The zero-order chi connectivity index (χ0) is 23.8. The van der Waals surface area contributed by atoms with Crippen molar-refractivity contribution < 1.29 is 27.4 Å². The van der Waals surface area contributed by atoms with E-state index in [1.165, 1.54) is 26.4 Å². The first-order chi connectivity index (χ1) is 15.9. The molecule has 0 aliphatic rings. The molecule has 3 rings (SSSR count). The van der Waals surface area contributed by atoms with Crippen molar-refractivity contribution in [2.24, 2.45) is 0 Å². The Hall–Kier alpha value is -3.72.